The Morgan fingerprint density at radius 1 is 0.952 bits per heavy atom. The maximum absolute atomic E-state index is 13.8. The number of piperidine rings is 3. The third kappa shape index (κ3) is 8.93. The number of likely N-dealkylation sites (tertiary alicyclic amines) is 1. The molecule has 4 aliphatic heterocycles. The lowest BCUT2D eigenvalue weighted by molar-refractivity contribution is -0.136. The Balaban J connectivity index is 0.729. The van der Waals surface area contributed by atoms with E-state index in [9.17, 15) is 37.3 Å². The molecule has 3 N–H and O–H groups in total. The van der Waals surface area contributed by atoms with E-state index in [2.05, 4.69) is 44.8 Å². The molecule has 5 aliphatic rings. The molecule has 0 spiro atoms. The van der Waals surface area contributed by atoms with Gasteiger partial charge >= 0.3 is 0 Å². The third-order valence-electron chi connectivity index (χ3n) is 14.0. The van der Waals surface area contributed by atoms with Gasteiger partial charge in [0.2, 0.25) is 17.8 Å². The van der Waals surface area contributed by atoms with Crippen LogP contribution >= 0.6 is 0 Å². The summed E-state index contributed by atoms with van der Waals surface area (Å²) >= 11 is 0. The van der Waals surface area contributed by atoms with Crippen LogP contribution in [0.4, 0.5) is 14.7 Å². The third-order valence-corrected chi connectivity index (χ3v) is 15.5. The molecule has 4 unspecified atom stereocenters. The first-order valence-electron chi connectivity index (χ1n) is 22.2. The molecule has 2 aromatic heterocycles. The van der Waals surface area contributed by atoms with E-state index < -0.39 is 46.1 Å². The molecule has 334 valence electrons. The van der Waals surface area contributed by atoms with E-state index in [-0.39, 0.29) is 42.8 Å². The lowest BCUT2D eigenvalue weighted by Crippen LogP contribution is -2.52. The highest BCUT2D eigenvalue weighted by Gasteiger charge is 2.41. The molecule has 0 bridgehead atoms. The lowest BCUT2D eigenvalue weighted by atomic mass is 9.83. The summed E-state index contributed by atoms with van der Waals surface area (Å²) < 4.78 is 44.5. The predicted molar refractivity (Wildman–Crippen MR) is 233 cm³/mol. The van der Waals surface area contributed by atoms with Crippen LogP contribution in [0, 0.1) is 5.92 Å². The average Bonchev–Trinajstić information content (AvgIpc) is 3.85. The van der Waals surface area contributed by atoms with Crippen LogP contribution in [0.1, 0.15) is 115 Å². The van der Waals surface area contributed by atoms with Crippen molar-refractivity contribution in [3.63, 3.8) is 0 Å². The molecule has 63 heavy (non-hydrogen) atoms. The minimum Gasteiger partial charge on any atom is -0.385 e. The van der Waals surface area contributed by atoms with Crippen molar-refractivity contribution >= 4 is 45.7 Å². The van der Waals surface area contributed by atoms with Gasteiger partial charge in [0.1, 0.15) is 11.7 Å². The summed E-state index contributed by atoms with van der Waals surface area (Å²) in [5.41, 5.74) is 2.52. The molecule has 3 amide bonds. The maximum atomic E-state index is 13.8. The van der Waals surface area contributed by atoms with Crippen molar-refractivity contribution in [3.8, 4) is 0 Å². The van der Waals surface area contributed by atoms with Crippen LogP contribution in [0.5, 0.6) is 0 Å². The van der Waals surface area contributed by atoms with Crippen molar-refractivity contribution < 1.29 is 32.5 Å². The van der Waals surface area contributed by atoms with E-state index in [0.29, 0.717) is 80.2 Å². The highest BCUT2D eigenvalue weighted by Crippen LogP contribution is 2.38. The van der Waals surface area contributed by atoms with Gasteiger partial charge in [-0.25, -0.2) is 22.3 Å². The predicted octanol–water partition coefficient (Wildman–Crippen LogP) is 5.12. The van der Waals surface area contributed by atoms with E-state index in [1.807, 2.05) is 23.4 Å². The number of rotatable bonds is 12. The number of hydrogen-bond acceptors (Lipinski definition) is 10. The van der Waals surface area contributed by atoms with Crippen molar-refractivity contribution in [1.29, 1.82) is 0 Å². The minimum atomic E-state index is -2.88. The van der Waals surface area contributed by atoms with E-state index in [1.165, 1.54) is 21.7 Å². The number of pyridine rings is 1. The van der Waals surface area contributed by atoms with E-state index >= 15 is 0 Å². The standard InChI is InChI=1S/C46H54F2N8O6S/c1-28-3-2-4-37(28)56-41-31(24-36(40(47)48)44(56)60)25-49-45(52-41)50-34-13-18-54(19-14-34)63(62)22-15-29-5-7-30(8-6-29)26-53-20-16-46(61,17-21-53)33-9-10-35-32(23-33)27-55(43(35)59)38-11-12-39(57)51-42(38)58/h5-10,23-25,28,34,37-38,40,61H,2-4,11-22,26-27H2,1H3,(H,49,50,52)(H,51,57,58). The summed E-state index contributed by atoms with van der Waals surface area (Å²) in [7, 11) is -1.15. The summed E-state index contributed by atoms with van der Waals surface area (Å²) in [6.07, 6.45) is 4.96. The Bertz CT molecular complexity index is 2490. The van der Waals surface area contributed by atoms with Gasteiger partial charge in [-0.2, -0.15) is 4.98 Å². The fraction of sp³-hybridized carbons (Fsp3) is 0.522. The molecule has 17 heteroatoms. The number of nitrogens with one attached hydrogen (secondary N) is 2. The zero-order chi connectivity index (χ0) is 44.0. The first-order valence-corrected chi connectivity index (χ1v) is 23.5. The van der Waals surface area contributed by atoms with Crippen LogP contribution in [-0.4, -0.2) is 99.7 Å². The number of carbonyl (C=O) groups excluding carboxylic acids is 3. The van der Waals surface area contributed by atoms with Gasteiger partial charge in [-0.05, 0) is 91.7 Å². The molecule has 14 nitrogen and oxygen atoms in total. The monoisotopic (exact) mass is 884 g/mol. The number of anilines is 1. The molecule has 3 saturated heterocycles. The van der Waals surface area contributed by atoms with Crippen molar-refractivity contribution in [1.82, 2.24) is 34.0 Å². The number of hydrogen-bond donors (Lipinski definition) is 3. The van der Waals surface area contributed by atoms with E-state index in [4.69, 9.17) is 4.98 Å². The number of halogens is 2. The first kappa shape index (κ1) is 43.3. The second-order valence-electron chi connectivity index (χ2n) is 18.0. The van der Waals surface area contributed by atoms with Gasteiger partial charge in [0.25, 0.3) is 17.9 Å². The number of benzene rings is 2. The Labute approximate surface area is 367 Å². The Kier molecular flexibility index (Phi) is 12.3. The normalized spacial score (nSPS) is 24.0. The number of imide groups is 1. The number of fused-ring (bicyclic) bond motifs is 2. The fourth-order valence-electron chi connectivity index (χ4n) is 10.2. The lowest BCUT2D eigenvalue weighted by Gasteiger charge is -2.38. The SMILES string of the molecule is CC1CCCC1n1c(=O)c(C(F)F)cc2cnc(NC3CCN(S(=O)CCc4ccc(CN5CCC(O)(c6ccc7c(c6)CN(C6CCC(=O)NC6=O)C7=O)CC5)cc4)CC3)nc21. The van der Waals surface area contributed by atoms with Crippen LogP contribution in [0.3, 0.4) is 0 Å². The van der Waals surface area contributed by atoms with Gasteiger partial charge in [-0.1, -0.05) is 49.7 Å². The highest BCUT2D eigenvalue weighted by molar-refractivity contribution is 7.82. The average molecular weight is 885 g/mol. The van der Waals surface area contributed by atoms with Crippen molar-refractivity contribution in [2.45, 2.75) is 114 Å². The van der Waals surface area contributed by atoms with Gasteiger partial charge in [0.15, 0.2) is 0 Å². The summed E-state index contributed by atoms with van der Waals surface area (Å²) in [4.78, 5) is 63.5. The molecule has 9 rings (SSSR count). The van der Waals surface area contributed by atoms with Gasteiger partial charge in [-0.3, -0.25) is 34.0 Å². The summed E-state index contributed by atoms with van der Waals surface area (Å²) in [5, 5.41) is 17.9. The summed E-state index contributed by atoms with van der Waals surface area (Å²) in [5.74, 6) is 0.0568. The van der Waals surface area contributed by atoms with Crippen LogP contribution in [0.2, 0.25) is 0 Å². The van der Waals surface area contributed by atoms with Crippen LogP contribution in [0.25, 0.3) is 11.0 Å². The Hall–Kier alpha value is -4.97. The molecular formula is C46H54F2N8O6S. The number of carbonyl (C=O) groups is 3. The number of aromatic nitrogens is 3. The number of aryl methyl sites for hydroxylation is 1. The van der Waals surface area contributed by atoms with Gasteiger partial charge < -0.3 is 15.3 Å². The number of alkyl halides is 2. The molecule has 2 aromatic carbocycles. The van der Waals surface area contributed by atoms with Crippen molar-refractivity contribution in [3.05, 3.63) is 98.5 Å². The van der Waals surface area contributed by atoms with E-state index in [1.54, 1.807) is 6.07 Å². The molecule has 1 aliphatic carbocycles. The fourth-order valence-corrected chi connectivity index (χ4v) is 11.5. The Morgan fingerprint density at radius 2 is 1.70 bits per heavy atom. The van der Waals surface area contributed by atoms with Crippen LogP contribution in [-0.2, 0) is 45.7 Å². The molecule has 4 atom stereocenters. The van der Waals surface area contributed by atoms with Gasteiger partial charge in [0, 0.05) is 80.7 Å². The van der Waals surface area contributed by atoms with Crippen molar-refractivity contribution in [2.24, 2.45) is 5.92 Å². The van der Waals surface area contributed by atoms with Gasteiger partial charge in [-0.15, -0.1) is 0 Å². The summed E-state index contributed by atoms with van der Waals surface area (Å²) in [6.45, 7) is 5.74. The van der Waals surface area contributed by atoms with Crippen molar-refractivity contribution in [2.75, 3.05) is 37.2 Å². The minimum absolute atomic E-state index is 0.0359. The number of amides is 3. The maximum Gasteiger partial charge on any atom is 0.269 e. The molecule has 4 fully saturated rings. The largest absolute Gasteiger partial charge is 0.385 e. The second kappa shape index (κ2) is 17.9. The topological polar surface area (TPSA) is 170 Å². The first-order chi connectivity index (χ1) is 30.3. The second-order valence-corrected chi connectivity index (χ2v) is 19.6. The molecule has 4 aromatic rings. The van der Waals surface area contributed by atoms with Crippen LogP contribution in [0.15, 0.2) is 59.5 Å². The van der Waals surface area contributed by atoms with Crippen LogP contribution < -0.4 is 16.2 Å². The molecule has 1 saturated carbocycles. The van der Waals surface area contributed by atoms with E-state index in [0.717, 1.165) is 60.9 Å². The highest BCUT2D eigenvalue weighted by atomic mass is 32.2. The number of nitrogens with zero attached hydrogens (tertiary/aromatic N) is 6. The number of aliphatic hydroxyl groups is 1. The zero-order valence-corrected chi connectivity index (χ0v) is 36.3. The Morgan fingerprint density at radius 3 is 2.40 bits per heavy atom. The van der Waals surface area contributed by atoms with Gasteiger partial charge in [0.05, 0.1) is 22.2 Å². The smallest absolute Gasteiger partial charge is 0.269 e. The quantitative estimate of drug-likeness (QED) is 0.163. The molecule has 0 radical (unpaired) electrons. The molecule has 6 heterocycles. The zero-order valence-electron chi connectivity index (χ0n) is 35.4. The molecular weight excluding hydrogens is 831 g/mol. The summed E-state index contributed by atoms with van der Waals surface area (Å²) in [6, 6.07) is 14.3.